The van der Waals surface area contributed by atoms with Crippen molar-refractivity contribution in [2.24, 2.45) is 0 Å². The topological polar surface area (TPSA) is 137 Å². The van der Waals surface area contributed by atoms with Crippen molar-refractivity contribution in [1.82, 2.24) is 0 Å². The summed E-state index contributed by atoms with van der Waals surface area (Å²) in [5.74, 6) is -0.674. The van der Waals surface area contributed by atoms with Gasteiger partial charge in [0.1, 0.15) is 0 Å². The first-order valence-corrected chi connectivity index (χ1v) is 7.91. The molecule has 8 heteroatoms. The van der Waals surface area contributed by atoms with E-state index in [2.05, 4.69) is 6.92 Å². The first-order valence-electron chi connectivity index (χ1n) is 6.86. The summed E-state index contributed by atoms with van der Waals surface area (Å²) in [5, 5.41) is 0. The molecule has 0 aromatic heterocycles. The predicted molar refractivity (Wildman–Crippen MR) is 86.1 cm³/mol. The molecule has 0 heterocycles. The molecule has 0 unspecified atom stereocenters. The fourth-order valence-corrected chi connectivity index (χ4v) is 2.14. The molecule has 0 bridgehead atoms. The first-order chi connectivity index (χ1) is 9.58. The van der Waals surface area contributed by atoms with Crippen LogP contribution in [0.1, 0.15) is 33.1 Å². The number of unbranched alkanes of at least 4 members (excludes halogenated alkanes) is 1. The predicted octanol–water partition coefficient (Wildman–Crippen LogP) is 1.04. The zero-order chi connectivity index (χ0) is 15.0. The molecule has 0 radical (unpaired) electrons. The van der Waals surface area contributed by atoms with Crippen molar-refractivity contribution in [2.45, 2.75) is 33.1 Å². The molecule has 0 aliphatic heterocycles. The number of nitrogens with zero attached hydrogens (tertiary/aromatic N) is 1. The molecule has 0 fully saturated rings. The number of carbonyl (C=O) groups is 2. The molecule has 23 heavy (non-hydrogen) atoms. The van der Waals surface area contributed by atoms with Gasteiger partial charge in [-0.2, -0.15) is 0 Å². The van der Waals surface area contributed by atoms with Crippen molar-refractivity contribution < 1.29 is 30.8 Å². The van der Waals surface area contributed by atoms with Crippen molar-refractivity contribution in [3.63, 3.8) is 0 Å². The van der Waals surface area contributed by atoms with E-state index in [1.54, 1.807) is 11.8 Å². The summed E-state index contributed by atoms with van der Waals surface area (Å²) < 4.78 is 5.98. The molecule has 1 aromatic rings. The van der Waals surface area contributed by atoms with Crippen molar-refractivity contribution in [3.8, 4) is 0 Å². The molecule has 0 saturated heterocycles. The second-order valence-electron chi connectivity index (χ2n) is 4.43. The van der Waals surface area contributed by atoms with Gasteiger partial charge in [-0.05, 0) is 0 Å². The van der Waals surface area contributed by atoms with Crippen LogP contribution in [0, 0.1) is 0 Å². The molecule has 0 spiro atoms. The van der Waals surface area contributed by atoms with E-state index >= 15 is 0 Å². The quantitative estimate of drug-likeness (QED) is 0.390. The van der Waals surface area contributed by atoms with E-state index in [4.69, 9.17) is 4.74 Å². The second-order valence-corrected chi connectivity index (χ2v) is 5.64. The van der Waals surface area contributed by atoms with Crippen LogP contribution in [0.15, 0.2) is 24.3 Å². The number of hydrogen-bond donors (Lipinski definition) is 0. The van der Waals surface area contributed by atoms with Crippen LogP contribution in [0.3, 0.4) is 0 Å². The van der Waals surface area contributed by atoms with Crippen molar-refractivity contribution >= 4 is 38.5 Å². The van der Waals surface area contributed by atoms with Crippen LogP contribution >= 0.6 is 0 Å². The summed E-state index contributed by atoms with van der Waals surface area (Å²) in [6.45, 7) is 4.73. The van der Waals surface area contributed by atoms with Gasteiger partial charge in [0.05, 0.1) is 0 Å². The first kappa shape index (κ1) is 26.5. The number of amides is 1. The normalized spacial score (nSPS) is 8.87. The number of benzene rings is 1. The minimum Gasteiger partial charge on any atom is -0.870 e. The second kappa shape index (κ2) is 14.2. The van der Waals surface area contributed by atoms with E-state index in [0.29, 0.717) is 13.2 Å². The van der Waals surface area contributed by atoms with Gasteiger partial charge in [-0.1, -0.05) is 0 Å². The molecular formula is C15H23GeNO6. The molecule has 128 valence electrons. The minimum absolute atomic E-state index is 0. The van der Waals surface area contributed by atoms with E-state index in [-0.39, 0.29) is 28.8 Å². The zero-order valence-electron chi connectivity index (χ0n) is 13.4. The average Bonchev–Trinajstić information content (AvgIpc) is 2.41. The van der Waals surface area contributed by atoms with Crippen molar-refractivity contribution in [1.29, 1.82) is 0 Å². The molecule has 0 aliphatic carbocycles. The Morgan fingerprint density at radius 1 is 1.09 bits per heavy atom. The molecule has 3 N–H and O–H groups in total. The van der Waals surface area contributed by atoms with Crippen molar-refractivity contribution in [3.05, 3.63) is 24.3 Å². The number of esters is 1. The Morgan fingerprint density at radius 3 is 2.13 bits per heavy atom. The number of anilines is 1. The third-order valence-corrected chi connectivity index (χ3v) is 3.52. The smallest absolute Gasteiger partial charge is 0.870 e. The minimum atomic E-state index is -0.467. The van der Waals surface area contributed by atoms with E-state index in [1.165, 1.54) is 0 Å². The molecular weight excluding hydrogens is 363 g/mol. The maximum atomic E-state index is 12.2. The van der Waals surface area contributed by atoms with Gasteiger partial charge in [0, 0.05) is 0 Å². The van der Waals surface area contributed by atoms with E-state index < -0.39 is 5.97 Å². The van der Waals surface area contributed by atoms with E-state index in [0.717, 1.165) is 22.9 Å². The zero-order valence-corrected chi connectivity index (χ0v) is 15.5. The molecule has 0 saturated carbocycles. The Labute approximate surface area is 145 Å². The summed E-state index contributed by atoms with van der Waals surface area (Å²) >= 11 is 2.00. The molecule has 1 rings (SSSR count). The van der Waals surface area contributed by atoms with Gasteiger partial charge in [-0.25, -0.2) is 0 Å². The van der Waals surface area contributed by atoms with Crippen LogP contribution in [-0.2, 0) is 14.3 Å². The Morgan fingerprint density at radius 2 is 1.65 bits per heavy atom. The Hall–Kier alpha value is -1.42. The maximum Gasteiger partial charge on any atom is -0.870 e. The largest absolute Gasteiger partial charge is 0.870 e. The number of carbonyl (C=O) groups excluding carboxylic acids is 2. The van der Waals surface area contributed by atoms with Crippen LogP contribution in [-0.4, -0.2) is 58.0 Å². The number of ether oxygens (including phenoxy) is 1. The molecule has 0 aliphatic rings. The Kier molecular flexibility index (Phi) is 16.3. The standard InChI is InChI=1S/C15H20GeNO3.3H2O/c1-3-5-10-17(13-8-6-12(16)7-9-13)14(18)11-15(19)20-4-2;;;/h6-9H,3-5,10-11H2,1-2H3;3*1H2/q+3;;;/p-3. The SMILES string of the molecule is CCCCN(C(=O)CC(=O)OCC)c1cc[c]([Ge+3])cc1.[OH-].[OH-].[OH-]. The average molecular weight is 386 g/mol. The number of hydrogen-bond acceptors (Lipinski definition) is 6. The maximum absolute atomic E-state index is 12.2. The fraction of sp³-hybridized carbons (Fsp3) is 0.467. The van der Waals surface area contributed by atoms with Gasteiger partial charge in [0.15, 0.2) is 0 Å². The van der Waals surface area contributed by atoms with Crippen LogP contribution in [0.5, 0.6) is 0 Å². The van der Waals surface area contributed by atoms with Crippen LogP contribution in [0.25, 0.3) is 0 Å². The van der Waals surface area contributed by atoms with Crippen LogP contribution < -0.4 is 9.30 Å². The summed E-state index contributed by atoms with van der Waals surface area (Å²) in [6.07, 6.45) is 1.70. The molecule has 1 aromatic carbocycles. The van der Waals surface area contributed by atoms with Gasteiger partial charge in [-0.3, -0.25) is 0 Å². The van der Waals surface area contributed by atoms with Crippen LogP contribution in [0.2, 0.25) is 0 Å². The summed E-state index contributed by atoms with van der Waals surface area (Å²) in [5.41, 5.74) is 0.832. The molecule has 1 amide bonds. The third-order valence-electron chi connectivity index (χ3n) is 2.82. The van der Waals surface area contributed by atoms with Gasteiger partial charge in [0.25, 0.3) is 0 Å². The Bertz CT molecular complexity index is 452. The van der Waals surface area contributed by atoms with E-state index in [9.17, 15) is 9.59 Å². The fourth-order valence-electron chi connectivity index (χ4n) is 1.79. The van der Waals surface area contributed by atoms with Gasteiger partial charge in [-0.15, -0.1) is 0 Å². The van der Waals surface area contributed by atoms with Crippen LogP contribution in [0.4, 0.5) is 5.69 Å². The Balaban J connectivity index is -0.00000133. The molecule has 0 atom stereocenters. The summed E-state index contributed by atoms with van der Waals surface area (Å²) in [6, 6.07) is 7.75. The van der Waals surface area contributed by atoms with Gasteiger partial charge >= 0.3 is 128 Å². The summed E-state index contributed by atoms with van der Waals surface area (Å²) in [4.78, 5) is 25.4. The van der Waals surface area contributed by atoms with Gasteiger partial charge < -0.3 is 16.4 Å². The number of rotatable bonds is 7. The van der Waals surface area contributed by atoms with Gasteiger partial charge in [0.2, 0.25) is 0 Å². The monoisotopic (exact) mass is 387 g/mol. The summed E-state index contributed by atoms with van der Waals surface area (Å²) in [7, 11) is 0. The van der Waals surface area contributed by atoms with E-state index in [1.807, 2.05) is 40.8 Å². The van der Waals surface area contributed by atoms with Crippen molar-refractivity contribution in [2.75, 3.05) is 18.1 Å². The molecule has 7 nitrogen and oxygen atoms in total. The third kappa shape index (κ3) is 9.34.